The molecule has 0 aliphatic heterocycles. The highest BCUT2D eigenvalue weighted by Crippen LogP contribution is 2.27. The molecule has 1 amide bonds. The van der Waals surface area contributed by atoms with Crippen molar-refractivity contribution in [3.05, 3.63) is 90.1 Å². The first kappa shape index (κ1) is 23.3. The first-order valence-corrected chi connectivity index (χ1v) is 12.3. The zero-order chi connectivity index (χ0) is 24.3. The van der Waals surface area contributed by atoms with Gasteiger partial charge < -0.3 is 5.32 Å². The predicted molar refractivity (Wildman–Crippen MR) is 134 cm³/mol. The minimum absolute atomic E-state index is 0.157. The molecule has 2 N–H and O–H groups in total. The molecule has 0 radical (unpaired) electrons. The van der Waals surface area contributed by atoms with E-state index < -0.39 is 10.0 Å². The standard InChI is InChI=1S/C25H25N5O3S/c1-4-14-26-34(32,33)16-18-10-12-20(13-11-18)27-25(31)21-15-22(19-8-6-5-7-9-19)28-24-23(21)17(2)29-30(24)3/h4-13,15,26H,1,14,16H2,2-3H3,(H,27,31). The van der Waals surface area contributed by atoms with E-state index in [-0.39, 0.29) is 18.2 Å². The predicted octanol–water partition coefficient (Wildman–Crippen LogP) is 3.80. The second kappa shape index (κ2) is 9.58. The van der Waals surface area contributed by atoms with Gasteiger partial charge in [-0.25, -0.2) is 18.1 Å². The summed E-state index contributed by atoms with van der Waals surface area (Å²) in [5.41, 5.74) is 4.53. The van der Waals surface area contributed by atoms with Gasteiger partial charge in [-0.05, 0) is 30.7 Å². The van der Waals surface area contributed by atoms with Crippen molar-refractivity contribution < 1.29 is 13.2 Å². The Labute approximate surface area is 198 Å². The molecule has 174 valence electrons. The zero-order valence-electron chi connectivity index (χ0n) is 18.9. The van der Waals surface area contributed by atoms with Gasteiger partial charge in [-0.2, -0.15) is 5.10 Å². The summed E-state index contributed by atoms with van der Waals surface area (Å²) in [4.78, 5) is 18.0. The van der Waals surface area contributed by atoms with E-state index in [4.69, 9.17) is 4.98 Å². The number of amides is 1. The summed E-state index contributed by atoms with van der Waals surface area (Å²) >= 11 is 0. The van der Waals surface area contributed by atoms with Gasteiger partial charge in [-0.1, -0.05) is 48.5 Å². The number of nitrogens with one attached hydrogen (secondary N) is 2. The maximum atomic E-state index is 13.3. The van der Waals surface area contributed by atoms with Crippen LogP contribution in [0, 0.1) is 6.92 Å². The number of sulfonamides is 1. The number of fused-ring (bicyclic) bond motifs is 1. The molecule has 0 spiro atoms. The number of carbonyl (C=O) groups excluding carboxylic acids is 1. The lowest BCUT2D eigenvalue weighted by Crippen LogP contribution is -2.25. The summed E-state index contributed by atoms with van der Waals surface area (Å²) in [6.45, 7) is 5.53. The van der Waals surface area contributed by atoms with E-state index >= 15 is 0 Å². The zero-order valence-corrected chi connectivity index (χ0v) is 19.8. The van der Waals surface area contributed by atoms with Crippen molar-refractivity contribution in [2.24, 2.45) is 7.05 Å². The number of aryl methyl sites for hydroxylation is 2. The van der Waals surface area contributed by atoms with Crippen molar-refractivity contribution in [3.8, 4) is 11.3 Å². The molecule has 2 heterocycles. The summed E-state index contributed by atoms with van der Waals surface area (Å²) in [6, 6.07) is 18.1. The molecule has 0 saturated heterocycles. The fourth-order valence-corrected chi connectivity index (χ4v) is 4.82. The molecule has 0 unspecified atom stereocenters. The molecule has 0 atom stereocenters. The van der Waals surface area contributed by atoms with Crippen LogP contribution in [0.1, 0.15) is 21.6 Å². The lowest BCUT2D eigenvalue weighted by atomic mass is 10.0. The molecular formula is C25H25N5O3S. The van der Waals surface area contributed by atoms with Crippen LogP contribution in [0.2, 0.25) is 0 Å². The largest absolute Gasteiger partial charge is 0.322 e. The van der Waals surface area contributed by atoms with E-state index in [1.54, 1.807) is 42.1 Å². The second-order valence-electron chi connectivity index (χ2n) is 7.88. The third kappa shape index (κ3) is 5.05. The molecule has 4 aromatic rings. The Morgan fingerprint density at radius 3 is 2.50 bits per heavy atom. The van der Waals surface area contributed by atoms with Crippen LogP contribution in [0.25, 0.3) is 22.3 Å². The average Bonchev–Trinajstić information content (AvgIpc) is 3.12. The van der Waals surface area contributed by atoms with Crippen molar-refractivity contribution >= 4 is 32.7 Å². The molecule has 2 aromatic heterocycles. The molecule has 0 saturated carbocycles. The van der Waals surface area contributed by atoms with E-state index in [0.29, 0.717) is 39.2 Å². The van der Waals surface area contributed by atoms with Crippen molar-refractivity contribution in [2.45, 2.75) is 12.7 Å². The lowest BCUT2D eigenvalue weighted by Gasteiger charge is -2.10. The number of anilines is 1. The first-order valence-electron chi connectivity index (χ1n) is 10.7. The number of nitrogens with zero attached hydrogens (tertiary/aromatic N) is 3. The van der Waals surface area contributed by atoms with E-state index in [9.17, 15) is 13.2 Å². The highest BCUT2D eigenvalue weighted by Gasteiger charge is 2.19. The molecule has 4 rings (SSSR count). The minimum Gasteiger partial charge on any atom is -0.322 e. The molecule has 0 fully saturated rings. The van der Waals surface area contributed by atoms with E-state index in [2.05, 4.69) is 21.7 Å². The summed E-state index contributed by atoms with van der Waals surface area (Å²) in [6.07, 6.45) is 1.49. The molecule has 2 aromatic carbocycles. The number of benzene rings is 2. The van der Waals surface area contributed by atoms with Gasteiger partial charge in [0.1, 0.15) is 0 Å². The van der Waals surface area contributed by atoms with Crippen molar-refractivity contribution in [1.82, 2.24) is 19.5 Å². The molecule has 0 aliphatic carbocycles. The Bertz CT molecular complexity index is 1460. The maximum absolute atomic E-state index is 13.3. The summed E-state index contributed by atoms with van der Waals surface area (Å²) in [5.74, 6) is -0.455. The Morgan fingerprint density at radius 1 is 1.12 bits per heavy atom. The number of aromatic nitrogens is 3. The lowest BCUT2D eigenvalue weighted by molar-refractivity contribution is 0.102. The Kier molecular flexibility index (Phi) is 6.58. The highest BCUT2D eigenvalue weighted by atomic mass is 32.2. The van der Waals surface area contributed by atoms with Gasteiger partial charge >= 0.3 is 0 Å². The Morgan fingerprint density at radius 2 is 1.82 bits per heavy atom. The molecule has 9 heteroatoms. The number of rotatable bonds is 8. The van der Waals surface area contributed by atoms with Crippen molar-refractivity contribution in [1.29, 1.82) is 0 Å². The Hall–Kier alpha value is -3.82. The van der Waals surface area contributed by atoms with Gasteiger partial charge in [0.05, 0.1) is 28.1 Å². The number of carbonyl (C=O) groups is 1. The van der Waals surface area contributed by atoms with E-state index in [0.717, 1.165) is 5.56 Å². The van der Waals surface area contributed by atoms with Gasteiger partial charge in [-0.15, -0.1) is 6.58 Å². The van der Waals surface area contributed by atoms with Gasteiger partial charge in [0.25, 0.3) is 5.91 Å². The first-order chi connectivity index (χ1) is 16.3. The van der Waals surface area contributed by atoms with Crippen LogP contribution in [0.5, 0.6) is 0 Å². The Balaban J connectivity index is 1.62. The molecule has 34 heavy (non-hydrogen) atoms. The fraction of sp³-hybridized carbons (Fsp3) is 0.160. The van der Waals surface area contributed by atoms with E-state index in [1.165, 1.54) is 6.08 Å². The van der Waals surface area contributed by atoms with Crippen molar-refractivity contribution in [2.75, 3.05) is 11.9 Å². The summed E-state index contributed by atoms with van der Waals surface area (Å²) < 4.78 is 28.3. The van der Waals surface area contributed by atoms with Crippen LogP contribution in [-0.4, -0.2) is 35.6 Å². The minimum atomic E-state index is -3.46. The highest BCUT2D eigenvalue weighted by molar-refractivity contribution is 7.88. The monoisotopic (exact) mass is 475 g/mol. The van der Waals surface area contributed by atoms with Crippen LogP contribution in [-0.2, 0) is 22.8 Å². The average molecular weight is 476 g/mol. The molecule has 8 nitrogen and oxygen atoms in total. The van der Waals surface area contributed by atoms with E-state index in [1.807, 2.05) is 37.3 Å². The number of hydrogen-bond donors (Lipinski definition) is 2. The van der Waals surface area contributed by atoms with Crippen LogP contribution >= 0.6 is 0 Å². The smallest absolute Gasteiger partial charge is 0.256 e. The van der Waals surface area contributed by atoms with Crippen LogP contribution in [0.4, 0.5) is 5.69 Å². The molecule has 0 aliphatic rings. The van der Waals surface area contributed by atoms with Crippen LogP contribution in [0.3, 0.4) is 0 Å². The second-order valence-corrected chi connectivity index (χ2v) is 9.68. The molecular weight excluding hydrogens is 450 g/mol. The van der Waals surface area contributed by atoms with Crippen LogP contribution < -0.4 is 10.0 Å². The number of pyridine rings is 1. The summed E-state index contributed by atoms with van der Waals surface area (Å²) in [5, 5.41) is 8.05. The molecule has 0 bridgehead atoms. The fourth-order valence-electron chi connectivity index (χ4n) is 3.72. The maximum Gasteiger partial charge on any atom is 0.256 e. The third-order valence-electron chi connectivity index (χ3n) is 5.30. The topological polar surface area (TPSA) is 106 Å². The number of hydrogen-bond acceptors (Lipinski definition) is 5. The third-order valence-corrected chi connectivity index (χ3v) is 6.62. The van der Waals surface area contributed by atoms with Gasteiger partial charge in [0.2, 0.25) is 10.0 Å². The van der Waals surface area contributed by atoms with Gasteiger partial charge in [0.15, 0.2) is 5.65 Å². The van der Waals surface area contributed by atoms with Gasteiger partial charge in [-0.3, -0.25) is 9.48 Å². The summed E-state index contributed by atoms with van der Waals surface area (Å²) in [7, 11) is -1.66. The van der Waals surface area contributed by atoms with Gasteiger partial charge in [0, 0.05) is 24.8 Å². The quantitative estimate of drug-likeness (QED) is 0.377. The normalized spacial score (nSPS) is 11.5. The van der Waals surface area contributed by atoms with Crippen LogP contribution in [0.15, 0.2) is 73.3 Å². The van der Waals surface area contributed by atoms with Crippen molar-refractivity contribution in [3.63, 3.8) is 0 Å². The SMILES string of the molecule is C=CCNS(=O)(=O)Cc1ccc(NC(=O)c2cc(-c3ccccc3)nc3c2c(C)nn3C)cc1.